The van der Waals surface area contributed by atoms with Crippen LogP contribution >= 0.6 is 0 Å². The zero-order valence-corrected chi connectivity index (χ0v) is 15.0. The molecule has 0 unspecified atom stereocenters. The summed E-state index contributed by atoms with van der Waals surface area (Å²) in [4.78, 5) is 2.75. The van der Waals surface area contributed by atoms with Crippen LogP contribution in [0.15, 0.2) is 18.2 Å². The molecule has 122 valence electrons. The summed E-state index contributed by atoms with van der Waals surface area (Å²) in [5.74, 6) is 0. The fourth-order valence-corrected chi connectivity index (χ4v) is 5.12. The molecular weight excluding hydrogens is 266 g/mol. The Balaban J connectivity index is 1.98. The molecule has 1 aliphatic heterocycles. The summed E-state index contributed by atoms with van der Waals surface area (Å²) in [6.07, 6.45) is 9.49. The molecule has 2 fully saturated rings. The van der Waals surface area contributed by atoms with Crippen molar-refractivity contribution in [1.29, 1.82) is 0 Å². The molecule has 0 radical (unpaired) electrons. The van der Waals surface area contributed by atoms with Crippen molar-refractivity contribution in [3.63, 3.8) is 0 Å². The molecule has 0 aromatic heterocycles. The predicted octanol–water partition coefficient (Wildman–Crippen LogP) is 5.61. The van der Waals surface area contributed by atoms with E-state index in [1.54, 1.807) is 16.8 Å². The first-order chi connectivity index (χ1) is 10.5. The molecule has 1 nitrogen and oxygen atoms in total. The number of nitrogens with zero attached hydrogens (tertiary/aromatic N) is 1. The minimum Gasteiger partial charge on any atom is -0.370 e. The Morgan fingerprint density at radius 3 is 2.05 bits per heavy atom. The Bertz CT molecular complexity index is 500. The lowest BCUT2D eigenvalue weighted by molar-refractivity contribution is 0.0806. The maximum atomic E-state index is 2.75. The van der Waals surface area contributed by atoms with E-state index >= 15 is 0 Å². The number of hydrogen-bond donors (Lipinski definition) is 0. The van der Waals surface area contributed by atoms with Crippen molar-refractivity contribution in [2.75, 3.05) is 18.0 Å². The van der Waals surface area contributed by atoms with E-state index in [-0.39, 0.29) is 0 Å². The van der Waals surface area contributed by atoms with Crippen LogP contribution in [0.5, 0.6) is 0 Å². The van der Waals surface area contributed by atoms with Crippen LogP contribution in [0.2, 0.25) is 0 Å². The van der Waals surface area contributed by atoms with Crippen LogP contribution in [0.1, 0.15) is 70.9 Å². The van der Waals surface area contributed by atoms with E-state index < -0.39 is 0 Å². The summed E-state index contributed by atoms with van der Waals surface area (Å²) in [5.41, 5.74) is 5.66. The molecule has 1 aliphatic carbocycles. The Morgan fingerprint density at radius 1 is 0.909 bits per heavy atom. The second-order valence-electron chi connectivity index (χ2n) is 8.21. The minimum atomic E-state index is 0.444. The van der Waals surface area contributed by atoms with Gasteiger partial charge in [0.25, 0.3) is 0 Å². The first-order valence-corrected chi connectivity index (χ1v) is 9.39. The van der Waals surface area contributed by atoms with Crippen LogP contribution in [0.3, 0.4) is 0 Å². The van der Waals surface area contributed by atoms with Crippen molar-refractivity contribution in [3.8, 4) is 0 Å². The fourth-order valence-electron chi connectivity index (χ4n) is 5.12. The Labute approximate surface area is 137 Å². The van der Waals surface area contributed by atoms with Crippen LogP contribution < -0.4 is 4.90 Å². The van der Waals surface area contributed by atoms with Crippen LogP contribution in [0.4, 0.5) is 5.69 Å². The largest absolute Gasteiger partial charge is 0.370 e. The SMILES string of the molecule is CCc1cccc(CC)c1N1CC(C)(C)C2(CCCCC2)C1. The predicted molar refractivity (Wildman–Crippen MR) is 96.7 cm³/mol. The van der Waals surface area contributed by atoms with E-state index in [2.05, 4.69) is 50.8 Å². The van der Waals surface area contributed by atoms with Gasteiger partial charge < -0.3 is 4.90 Å². The monoisotopic (exact) mass is 299 g/mol. The summed E-state index contributed by atoms with van der Waals surface area (Å²) in [5, 5.41) is 0. The van der Waals surface area contributed by atoms with Crippen LogP contribution in [-0.2, 0) is 12.8 Å². The lowest BCUT2D eigenvalue weighted by atomic mass is 9.61. The third-order valence-electron chi connectivity index (χ3n) is 6.61. The average molecular weight is 300 g/mol. The van der Waals surface area contributed by atoms with Crippen molar-refractivity contribution in [3.05, 3.63) is 29.3 Å². The van der Waals surface area contributed by atoms with Gasteiger partial charge in [-0.05, 0) is 47.6 Å². The maximum Gasteiger partial charge on any atom is 0.0431 e. The van der Waals surface area contributed by atoms with Gasteiger partial charge in [0.2, 0.25) is 0 Å². The highest BCUT2D eigenvalue weighted by molar-refractivity contribution is 5.61. The van der Waals surface area contributed by atoms with Crippen LogP contribution in [0, 0.1) is 10.8 Å². The number of para-hydroxylation sites is 1. The molecule has 2 aliphatic rings. The molecule has 22 heavy (non-hydrogen) atoms. The quantitative estimate of drug-likeness (QED) is 0.701. The molecule has 1 aromatic rings. The van der Waals surface area contributed by atoms with Crippen molar-refractivity contribution < 1.29 is 0 Å². The zero-order valence-electron chi connectivity index (χ0n) is 15.0. The van der Waals surface area contributed by atoms with Crippen LogP contribution in [0.25, 0.3) is 0 Å². The third kappa shape index (κ3) is 2.47. The van der Waals surface area contributed by atoms with Gasteiger partial charge in [-0.25, -0.2) is 0 Å². The highest BCUT2D eigenvalue weighted by atomic mass is 15.2. The molecule has 0 bridgehead atoms. The van der Waals surface area contributed by atoms with E-state index in [1.807, 2.05) is 0 Å². The number of anilines is 1. The average Bonchev–Trinajstić information content (AvgIpc) is 2.77. The van der Waals surface area contributed by atoms with Gasteiger partial charge in [0.1, 0.15) is 0 Å². The van der Waals surface area contributed by atoms with Crippen molar-refractivity contribution in [2.45, 2.75) is 72.6 Å². The molecule has 1 heterocycles. The molecular formula is C21H33N. The lowest BCUT2D eigenvalue weighted by Gasteiger charge is -2.43. The first kappa shape index (κ1) is 15.9. The van der Waals surface area contributed by atoms with Crippen LogP contribution in [-0.4, -0.2) is 13.1 Å². The molecule has 1 saturated carbocycles. The molecule has 0 N–H and O–H groups in total. The molecule has 0 atom stereocenters. The second kappa shape index (κ2) is 5.91. The topological polar surface area (TPSA) is 3.24 Å². The summed E-state index contributed by atoms with van der Waals surface area (Å²) >= 11 is 0. The number of aryl methyl sites for hydroxylation is 2. The smallest absolute Gasteiger partial charge is 0.0431 e. The van der Waals surface area contributed by atoms with Gasteiger partial charge in [-0.15, -0.1) is 0 Å². The third-order valence-corrected chi connectivity index (χ3v) is 6.61. The zero-order chi connectivity index (χ0) is 15.8. The summed E-state index contributed by atoms with van der Waals surface area (Å²) in [6, 6.07) is 6.93. The van der Waals surface area contributed by atoms with Gasteiger partial charge >= 0.3 is 0 Å². The highest BCUT2D eigenvalue weighted by Crippen LogP contribution is 2.55. The van der Waals surface area contributed by atoms with Crippen molar-refractivity contribution in [1.82, 2.24) is 0 Å². The van der Waals surface area contributed by atoms with Gasteiger partial charge in [-0.1, -0.05) is 65.2 Å². The molecule has 1 spiro atoms. The molecule has 1 aromatic carbocycles. The summed E-state index contributed by atoms with van der Waals surface area (Å²) < 4.78 is 0. The van der Waals surface area contributed by atoms with Crippen molar-refractivity contribution in [2.24, 2.45) is 10.8 Å². The number of hydrogen-bond acceptors (Lipinski definition) is 1. The van der Waals surface area contributed by atoms with Gasteiger partial charge in [-0.2, -0.15) is 0 Å². The molecule has 0 amide bonds. The summed E-state index contributed by atoms with van der Waals surface area (Å²) in [6.45, 7) is 12.2. The van der Waals surface area contributed by atoms with E-state index in [0.29, 0.717) is 10.8 Å². The van der Waals surface area contributed by atoms with E-state index in [1.165, 1.54) is 45.2 Å². The van der Waals surface area contributed by atoms with Crippen molar-refractivity contribution >= 4 is 5.69 Å². The molecule has 3 rings (SSSR count). The fraction of sp³-hybridized carbons (Fsp3) is 0.714. The van der Waals surface area contributed by atoms with Gasteiger partial charge in [0.05, 0.1) is 0 Å². The number of benzene rings is 1. The lowest BCUT2D eigenvalue weighted by Crippen LogP contribution is -2.38. The minimum absolute atomic E-state index is 0.444. The Morgan fingerprint density at radius 2 is 1.50 bits per heavy atom. The van der Waals surface area contributed by atoms with E-state index in [0.717, 1.165) is 12.8 Å². The second-order valence-corrected chi connectivity index (χ2v) is 8.21. The number of rotatable bonds is 3. The molecule has 1 saturated heterocycles. The Kier molecular flexibility index (Phi) is 4.27. The van der Waals surface area contributed by atoms with E-state index in [9.17, 15) is 0 Å². The highest BCUT2D eigenvalue weighted by Gasteiger charge is 2.52. The first-order valence-electron chi connectivity index (χ1n) is 9.39. The normalized spacial score (nSPS) is 23.2. The maximum absolute atomic E-state index is 2.75. The standard InChI is InChI=1S/C21H33N/c1-5-17-11-10-12-18(6-2)19(17)22-15-20(3,4)21(16-22)13-8-7-9-14-21/h10-12H,5-9,13-16H2,1-4H3. The Hall–Kier alpha value is -0.980. The van der Waals surface area contributed by atoms with Gasteiger partial charge in [0.15, 0.2) is 0 Å². The van der Waals surface area contributed by atoms with E-state index in [4.69, 9.17) is 0 Å². The molecule has 1 heteroatoms. The summed E-state index contributed by atoms with van der Waals surface area (Å²) in [7, 11) is 0. The van der Waals surface area contributed by atoms with Gasteiger partial charge in [-0.3, -0.25) is 0 Å². The van der Waals surface area contributed by atoms with Gasteiger partial charge in [0, 0.05) is 18.8 Å².